The lowest BCUT2D eigenvalue weighted by Crippen LogP contribution is -2.08. The van der Waals surface area contributed by atoms with Crippen molar-refractivity contribution in [3.8, 4) is 5.75 Å². The molecule has 0 aliphatic carbocycles. The van der Waals surface area contributed by atoms with E-state index in [1.54, 1.807) is 0 Å². The second-order valence-corrected chi connectivity index (χ2v) is 2.99. The van der Waals surface area contributed by atoms with Crippen LogP contribution in [0, 0.1) is 5.82 Å². The quantitative estimate of drug-likeness (QED) is 0.495. The molecule has 76 valence electrons. The zero-order chi connectivity index (χ0) is 10.9. The zero-order valence-electron chi connectivity index (χ0n) is 7.49. The van der Waals surface area contributed by atoms with Crippen molar-refractivity contribution in [2.24, 2.45) is 0 Å². The highest BCUT2D eigenvalue weighted by atomic mass is 19.1. The van der Waals surface area contributed by atoms with E-state index < -0.39 is 17.7 Å². The van der Waals surface area contributed by atoms with Crippen LogP contribution >= 0.6 is 0 Å². The standard InChI is InChI=1S/C9H10FNO3/c1-4(9(13)14)6-2-5(10)3-7(11)8(6)12/h2-4,12H,11H2,1H3,(H,13,14). The van der Waals surface area contributed by atoms with Gasteiger partial charge >= 0.3 is 5.97 Å². The highest BCUT2D eigenvalue weighted by Gasteiger charge is 2.19. The molecule has 0 saturated carbocycles. The molecule has 14 heavy (non-hydrogen) atoms. The van der Waals surface area contributed by atoms with Crippen molar-refractivity contribution in [1.82, 2.24) is 0 Å². The average Bonchev–Trinajstić information content (AvgIpc) is 2.09. The second kappa shape index (κ2) is 3.53. The molecule has 0 amide bonds. The summed E-state index contributed by atoms with van der Waals surface area (Å²) in [7, 11) is 0. The Hall–Kier alpha value is -1.78. The number of phenolic OH excluding ortho intramolecular Hbond substituents is 1. The minimum atomic E-state index is -1.15. The maximum atomic E-state index is 12.8. The zero-order valence-corrected chi connectivity index (χ0v) is 7.49. The molecular weight excluding hydrogens is 189 g/mol. The van der Waals surface area contributed by atoms with Crippen LogP contribution in [0.4, 0.5) is 10.1 Å². The van der Waals surface area contributed by atoms with E-state index in [2.05, 4.69) is 0 Å². The Balaban J connectivity index is 3.26. The number of phenols is 1. The number of halogens is 1. The lowest BCUT2D eigenvalue weighted by atomic mass is 9.99. The van der Waals surface area contributed by atoms with Crippen molar-refractivity contribution in [2.45, 2.75) is 12.8 Å². The molecule has 5 heteroatoms. The predicted molar refractivity (Wildman–Crippen MR) is 48.5 cm³/mol. The molecule has 0 bridgehead atoms. The summed E-state index contributed by atoms with van der Waals surface area (Å²) >= 11 is 0. The molecule has 0 radical (unpaired) electrons. The van der Waals surface area contributed by atoms with Gasteiger partial charge in [0.1, 0.15) is 11.6 Å². The first-order valence-corrected chi connectivity index (χ1v) is 3.94. The van der Waals surface area contributed by atoms with E-state index in [0.717, 1.165) is 12.1 Å². The largest absolute Gasteiger partial charge is 0.505 e. The number of rotatable bonds is 2. The maximum absolute atomic E-state index is 12.8. The first-order valence-electron chi connectivity index (χ1n) is 3.94. The Morgan fingerprint density at radius 3 is 2.64 bits per heavy atom. The second-order valence-electron chi connectivity index (χ2n) is 2.99. The molecule has 0 heterocycles. The molecule has 1 aromatic rings. The third kappa shape index (κ3) is 1.76. The van der Waals surface area contributed by atoms with Crippen molar-refractivity contribution in [2.75, 3.05) is 5.73 Å². The van der Waals surface area contributed by atoms with E-state index in [9.17, 15) is 14.3 Å². The van der Waals surface area contributed by atoms with E-state index in [1.807, 2.05) is 0 Å². The van der Waals surface area contributed by atoms with Crippen molar-refractivity contribution in [3.05, 3.63) is 23.5 Å². The number of aliphatic carboxylic acids is 1. The summed E-state index contributed by atoms with van der Waals surface area (Å²) in [6.45, 7) is 1.34. The number of aromatic hydroxyl groups is 1. The van der Waals surface area contributed by atoms with Gasteiger partial charge in [-0.2, -0.15) is 0 Å². The SMILES string of the molecule is CC(C(=O)O)c1cc(F)cc(N)c1O. The molecule has 1 aromatic carbocycles. The summed E-state index contributed by atoms with van der Waals surface area (Å²) < 4.78 is 12.8. The first kappa shape index (κ1) is 10.3. The van der Waals surface area contributed by atoms with Gasteiger partial charge in [-0.05, 0) is 13.0 Å². The van der Waals surface area contributed by atoms with Crippen LogP contribution in [0.5, 0.6) is 5.75 Å². The number of carboxylic acid groups (broad SMARTS) is 1. The van der Waals surface area contributed by atoms with Gasteiger partial charge in [0.05, 0.1) is 11.6 Å². The Labute approximate surface area is 79.8 Å². The molecule has 0 fully saturated rings. The predicted octanol–water partition coefficient (Wildman–Crippen LogP) is 1.30. The summed E-state index contributed by atoms with van der Waals surface area (Å²) in [4.78, 5) is 10.6. The van der Waals surface area contributed by atoms with Crippen molar-refractivity contribution in [3.63, 3.8) is 0 Å². The Kier molecular flexibility index (Phi) is 2.60. The van der Waals surface area contributed by atoms with Gasteiger partial charge in [0, 0.05) is 11.6 Å². The lowest BCUT2D eigenvalue weighted by Gasteiger charge is -2.10. The van der Waals surface area contributed by atoms with Gasteiger partial charge in [-0.25, -0.2) is 4.39 Å². The fourth-order valence-corrected chi connectivity index (χ4v) is 1.11. The third-order valence-electron chi connectivity index (χ3n) is 1.97. The molecule has 4 nitrogen and oxygen atoms in total. The van der Waals surface area contributed by atoms with E-state index in [0.29, 0.717) is 0 Å². The van der Waals surface area contributed by atoms with Gasteiger partial charge in [-0.15, -0.1) is 0 Å². The normalized spacial score (nSPS) is 12.4. The van der Waals surface area contributed by atoms with E-state index in [4.69, 9.17) is 10.8 Å². The van der Waals surface area contributed by atoms with Gasteiger partial charge in [0.15, 0.2) is 0 Å². The molecule has 4 N–H and O–H groups in total. The molecule has 0 spiro atoms. The molecule has 0 aliphatic rings. The number of hydrogen-bond donors (Lipinski definition) is 3. The van der Waals surface area contributed by atoms with Crippen LogP contribution in [0.25, 0.3) is 0 Å². The number of nitrogen functional groups attached to an aromatic ring is 1. The number of carbonyl (C=O) groups is 1. The van der Waals surface area contributed by atoms with Crippen LogP contribution in [-0.2, 0) is 4.79 Å². The van der Waals surface area contributed by atoms with E-state index in [-0.39, 0.29) is 17.0 Å². The molecule has 1 rings (SSSR count). The van der Waals surface area contributed by atoms with Gasteiger partial charge < -0.3 is 15.9 Å². The average molecular weight is 199 g/mol. The summed E-state index contributed by atoms with van der Waals surface area (Å²) in [6.07, 6.45) is 0. The highest BCUT2D eigenvalue weighted by Crippen LogP contribution is 2.32. The summed E-state index contributed by atoms with van der Waals surface area (Å²) in [5.74, 6) is -3.18. The van der Waals surface area contributed by atoms with Crippen LogP contribution in [-0.4, -0.2) is 16.2 Å². The fourth-order valence-electron chi connectivity index (χ4n) is 1.11. The van der Waals surface area contributed by atoms with Gasteiger partial charge in [0.2, 0.25) is 0 Å². The van der Waals surface area contributed by atoms with Crippen LogP contribution in [0.2, 0.25) is 0 Å². The van der Waals surface area contributed by atoms with Crippen LogP contribution in [0.3, 0.4) is 0 Å². The number of benzene rings is 1. The van der Waals surface area contributed by atoms with Gasteiger partial charge in [-0.1, -0.05) is 0 Å². The molecule has 0 aliphatic heterocycles. The van der Waals surface area contributed by atoms with E-state index in [1.165, 1.54) is 6.92 Å². The molecular formula is C9H10FNO3. The smallest absolute Gasteiger partial charge is 0.310 e. The lowest BCUT2D eigenvalue weighted by molar-refractivity contribution is -0.138. The Bertz CT molecular complexity index is 379. The minimum absolute atomic E-state index is 0.0185. The number of anilines is 1. The summed E-state index contributed by atoms with van der Waals surface area (Å²) in [6, 6.07) is 1.90. The van der Waals surface area contributed by atoms with Crippen molar-refractivity contribution >= 4 is 11.7 Å². The Morgan fingerprint density at radius 2 is 2.14 bits per heavy atom. The van der Waals surface area contributed by atoms with Crippen LogP contribution < -0.4 is 5.73 Å². The van der Waals surface area contributed by atoms with Crippen molar-refractivity contribution < 1.29 is 19.4 Å². The van der Waals surface area contributed by atoms with Gasteiger partial charge in [-0.3, -0.25) is 4.79 Å². The van der Waals surface area contributed by atoms with Gasteiger partial charge in [0.25, 0.3) is 0 Å². The summed E-state index contributed by atoms with van der Waals surface area (Å²) in [5.41, 5.74) is 5.10. The molecule has 1 unspecified atom stereocenters. The fraction of sp³-hybridized carbons (Fsp3) is 0.222. The van der Waals surface area contributed by atoms with Crippen molar-refractivity contribution in [1.29, 1.82) is 0 Å². The molecule has 1 atom stereocenters. The number of nitrogens with two attached hydrogens (primary N) is 1. The Morgan fingerprint density at radius 1 is 1.57 bits per heavy atom. The minimum Gasteiger partial charge on any atom is -0.505 e. The van der Waals surface area contributed by atoms with Crippen LogP contribution in [0.15, 0.2) is 12.1 Å². The topological polar surface area (TPSA) is 83.5 Å². The monoisotopic (exact) mass is 199 g/mol. The molecule has 0 saturated heterocycles. The number of carboxylic acids is 1. The highest BCUT2D eigenvalue weighted by molar-refractivity contribution is 5.78. The molecule has 0 aromatic heterocycles. The number of hydrogen-bond acceptors (Lipinski definition) is 3. The van der Waals surface area contributed by atoms with Crippen LogP contribution in [0.1, 0.15) is 18.4 Å². The first-order chi connectivity index (χ1) is 6.43. The summed E-state index contributed by atoms with van der Waals surface area (Å²) in [5, 5.41) is 18.1. The van der Waals surface area contributed by atoms with E-state index >= 15 is 0 Å². The maximum Gasteiger partial charge on any atom is 0.310 e. The third-order valence-corrected chi connectivity index (χ3v) is 1.97.